The molecule has 0 saturated carbocycles. The van der Waals surface area contributed by atoms with Crippen LogP contribution in [0.3, 0.4) is 0 Å². The number of para-hydroxylation sites is 2. The van der Waals surface area contributed by atoms with Crippen molar-refractivity contribution in [1.82, 2.24) is 5.32 Å². The van der Waals surface area contributed by atoms with E-state index in [9.17, 15) is 112 Å². The Morgan fingerprint density at radius 1 is 0.340 bits per heavy atom. The summed E-state index contributed by atoms with van der Waals surface area (Å²) in [5.74, 6) is -0.843. The van der Waals surface area contributed by atoms with Gasteiger partial charge in [0.2, 0.25) is 5.91 Å². The van der Waals surface area contributed by atoms with Gasteiger partial charge in [-0.05, 0) is 46.2 Å². The number of aliphatic hydroxyl groups is 20. The molecule has 39 nitrogen and oxygen atoms in total. The van der Waals surface area contributed by atoms with Crippen molar-refractivity contribution in [3.05, 3.63) is 84.4 Å². The van der Waals surface area contributed by atoms with E-state index in [1.54, 1.807) is 24.3 Å². The molecule has 25 rings (SSSR count). The van der Waals surface area contributed by atoms with Crippen molar-refractivity contribution in [2.75, 3.05) is 58.1 Å². The van der Waals surface area contributed by atoms with Gasteiger partial charge in [0, 0.05) is 13.0 Å². The largest absolute Gasteiger partial charge is 0.491 e. The predicted octanol–water partition coefficient (Wildman–Crippen LogP) is -9.69. The number of amides is 2. The summed E-state index contributed by atoms with van der Waals surface area (Å²) >= 11 is 0. The molecule has 21 saturated heterocycles. The molecule has 22 N–H and O–H groups in total. The Bertz CT molecular complexity index is 3470. The van der Waals surface area contributed by atoms with Crippen LogP contribution in [-0.2, 0) is 71.1 Å². The fourth-order valence-corrected chi connectivity index (χ4v) is 14.3. The van der Waals surface area contributed by atoms with Crippen LogP contribution in [0.4, 0.5) is 5.69 Å². The van der Waals surface area contributed by atoms with Gasteiger partial charge in [-0.15, -0.1) is 0 Å². The second kappa shape index (κ2) is 35.0. The minimum atomic E-state index is -2.30. The van der Waals surface area contributed by atoms with Gasteiger partial charge in [-0.2, -0.15) is 0 Å². The number of aliphatic hydroxyl groups excluding tert-OH is 20. The Hall–Kier alpha value is -5.22. The number of ether oxygens (including phenoxy) is 15. The van der Waals surface area contributed by atoms with E-state index in [2.05, 4.69) is 10.6 Å². The highest BCUT2D eigenvalue weighted by molar-refractivity contribution is 6.22. The van der Waals surface area contributed by atoms with Gasteiger partial charge in [0.1, 0.15) is 177 Å². The van der Waals surface area contributed by atoms with Crippen LogP contribution in [0.15, 0.2) is 78.9 Å². The summed E-state index contributed by atoms with van der Waals surface area (Å²) in [5.41, 5.74) is 0.754. The third-order valence-electron chi connectivity index (χ3n) is 20.0. The van der Waals surface area contributed by atoms with Gasteiger partial charge in [0.05, 0.1) is 57.5 Å². The molecule has 4 aromatic carbocycles. The van der Waals surface area contributed by atoms with Crippen LogP contribution in [-0.4, -0.2) is 382 Å². The number of hydrogen-bond donors (Lipinski definition) is 22. The van der Waals surface area contributed by atoms with E-state index < -0.39 is 273 Å². The second-order valence-corrected chi connectivity index (χ2v) is 26.9. The molecule has 35 atom stereocenters. The van der Waals surface area contributed by atoms with Crippen LogP contribution in [0.5, 0.6) is 5.75 Å². The maximum absolute atomic E-state index is 14.2. The van der Waals surface area contributed by atoms with Crippen LogP contribution in [0.1, 0.15) is 23.2 Å². The van der Waals surface area contributed by atoms with Crippen LogP contribution in [0, 0.1) is 0 Å². The molecule has 21 aliphatic heterocycles. The van der Waals surface area contributed by atoms with Gasteiger partial charge in [-0.25, -0.2) is 0 Å². The normalized spacial score (nSPS) is 43.3. The number of nitrogens with one attached hydrogen (secondary N) is 2. The van der Waals surface area contributed by atoms with Crippen LogP contribution >= 0.6 is 0 Å². The molecule has 39 heteroatoms. The third kappa shape index (κ3) is 16.4. The fourth-order valence-electron chi connectivity index (χ4n) is 14.3. The average molecular weight is 1520 g/mol. The van der Waals surface area contributed by atoms with Crippen molar-refractivity contribution < 1.29 is 183 Å². The van der Waals surface area contributed by atoms with Gasteiger partial charge < -0.3 is 184 Å². The van der Waals surface area contributed by atoms with Crippen molar-refractivity contribution in [2.24, 2.45) is 0 Å². The zero-order chi connectivity index (χ0) is 75.7. The summed E-state index contributed by atoms with van der Waals surface area (Å²) in [5, 5.41) is 235. The lowest BCUT2D eigenvalue weighted by Gasteiger charge is -2.50. The summed E-state index contributed by atoms with van der Waals surface area (Å²) in [6, 6.07) is 23.5. The molecule has 21 fully saturated rings. The van der Waals surface area contributed by atoms with E-state index >= 15 is 0 Å². The van der Waals surface area contributed by atoms with Crippen molar-refractivity contribution in [2.45, 2.75) is 228 Å². The number of carbonyl (C=O) groups excluding carboxylic acids is 2. The molecule has 14 bridgehead atoms. The first kappa shape index (κ1) is 80.3. The molecule has 4 aromatic rings. The molecule has 0 aromatic heterocycles. The summed E-state index contributed by atoms with van der Waals surface area (Å²) in [6.07, 6.45) is -72.4. The standard InChI is InChI=1S/C67H90N2O37/c70-18-31-54-41(79)48(86)63(95-31)103-56-33(20-72)97-65(50(88)43(56)81)105-58-35(22-74)99-67(52(90)45(58)83)106-59-36(23-75)98-66(51(89)44(59)82)104-57-34(21-73)96-64(49(87)42(57)80)102-55-32(19-71)94-62(47(85)40(55)78)100-53-30(93-61(101-54)46(84)39(53)77)17-68-37(76)14-7-15-92-29-13-6-5-12-28(29)69-60(91)38-26-10-3-1-8-24(26)16-25-9-2-4-11-27(25)38/h1-6,8-13,16,30-36,39-59,61-67,70-75,77-90H,7,14-15,17-23H2,(H,68,76)(H,69,91)/t30-,31-,32-,33-,34-,35-,36-,39-,40-,41-,42-,43-,44-,45-,46-,47-,48-,49-,50-,51-,52-,53-,54-,55-,56-,57-,58-,59-,61-,62-,63-,64-,65-,66-,67-/m1/s1. The molecule has 0 unspecified atom stereocenters. The SMILES string of the molecule is O=C(CCCOc1ccccc1NC(=O)c1c2ccccc2cc2ccccc12)NC[C@H]1O[C@@H]2O[C@H]3[C@H](O)[C@@H](O)[C@@H](O[C@H]4[C@H](O)[C@@H](O)[C@@H](O[C@H]5[C@H](O)[C@@H](O)[C@@H](O[C@H]6[C@H](O)[C@@H](O)[C@@H](O[C@H]7[C@H](O)[C@@H](O)[C@@H](O[C@H]8[C@H](O)[C@@H](O)[C@@H](O[C@H]1[C@H](O)[C@H]2O)O[C@@H]8CO)O[C@@H]7CO)O[C@@H]6CO)O[C@@H]5CO)O[C@@H]4CO)O[C@@H]3CO. The molecular weight excluding hydrogens is 1420 g/mol. The van der Waals surface area contributed by atoms with Gasteiger partial charge in [-0.3, -0.25) is 9.59 Å². The Morgan fingerprint density at radius 2 is 0.613 bits per heavy atom. The highest BCUT2D eigenvalue weighted by Gasteiger charge is 2.60. The van der Waals surface area contributed by atoms with E-state index in [0.29, 0.717) is 11.3 Å². The molecule has 106 heavy (non-hydrogen) atoms. The van der Waals surface area contributed by atoms with E-state index in [1.165, 1.54) is 0 Å². The average Bonchev–Trinajstić information content (AvgIpc) is 0.789. The smallest absolute Gasteiger partial charge is 0.257 e. The van der Waals surface area contributed by atoms with E-state index in [4.69, 9.17) is 71.1 Å². The van der Waals surface area contributed by atoms with Gasteiger partial charge in [0.15, 0.2) is 44.0 Å². The van der Waals surface area contributed by atoms with Crippen molar-refractivity contribution in [3.63, 3.8) is 0 Å². The molecular formula is C67H90N2O37. The zero-order valence-electron chi connectivity index (χ0n) is 56.2. The molecule has 0 radical (unpaired) electrons. The number of anilines is 1. The highest BCUT2D eigenvalue weighted by atomic mass is 16.8. The summed E-state index contributed by atoms with van der Waals surface area (Å²) in [7, 11) is 0. The van der Waals surface area contributed by atoms with E-state index in [-0.39, 0.29) is 25.2 Å². The Kier molecular flexibility index (Phi) is 26.5. The van der Waals surface area contributed by atoms with Gasteiger partial charge in [-0.1, -0.05) is 60.7 Å². The number of hydrogen-bond acceptors (Lipinski definition) is 37. The predicted molar refractivity (Wildman–Crippen MR) is 345 cm³/mol. The topological polar surface area (TPSA) is 601 Å². The molecule has 21 heterocycles. The van der Waals surface area contributed by atoms with E-state index in [1.807, 2.05) is 54.6 Å². The van der Waals surface area contributed by atoms with Crippen molar-refractivity contribution in [3.8, 4) is 5.75 Å². The summed E-state index contributed by atoms with van der Waals surface area (Å²) in [4.78, 5) is 27.9. The van der Waals surface area contributed by atoms with Crippen molar-refractivity contribution in [1.29, 1.82) is 0 Å². The first-order chi connectivity index (χ1) is 50.9. The second-order valence-electron chi connectivity index (χ2n) is 26.9. The molecule has 590 valence electrons. The maximum atomic E-state index is 14.2. The minimum Gasteiger partial charge on any atom is -0.491 e. The maximum Gasteiger partial charge on any atom is 0.257 e. The number of benzene rings is 4. The lowest BCUT2D eigenvalue weighted by atomic mass is 9.95. The molecule has 0 aliphatic carbocycles. The number of rotatable bonds is 15. The quantitative estimate of drug-likeness (QED) is 0.0388. The fraction of sp³-hybridized carbons (Fsp3) is 0.672. The Labute approximate surface area is 601 Å². The lowest BCUT2D eigenvalue weighted by Crippen LogP contribution is -2.68. The van der Waals surface area contributed by atoms with Gasteiger partial charge >= 0.3 is 0 Å². The summed E-state index contributed by atoms with van der Waals surface area (Å²) < 4.78 is 87.8. The Morgan fingerprint density at radius 3 is 0.925 bits per heavy atom. The van der Waals surface area contributed by atoms with Crippen molar-refractivity contribution >= 4 is 39.0 Å². The van der Waals surface area contributed by atoms with Crippen LogP contribution < -0.4 is 15.4 Å². The third-order valence-corrected chi connectivity index (χ3v) is 20.0. The van der Waals surface area contributed by atoms with Gasteiger partial charge in [0.25, 0.3) is 5.91 Å². The van der Waals surface area contributed by atoms with Crippen LogP contribution in [0.25, 0.3) is 21.5 Å². The first-order valence-corrected chi connectivity index (χ1v) is 34.5. The monoisotopic (exact) mass is 1510 g/mol. The lowest BCUT2D eigenvalue weighted by molar-refractivity contribution is -0.396. The van der Waals surface area contributed by atoms with Crippen LogP contribution in [0.2, 0.25) is 0 Å². The number of carbonyl (C=O) groups is 2. The molecule has 2 amide bonds. The highest BCUT2D eigenvalue weighted by Crippen LogP contribution is 2.40. The zero-order valence-corrected chi connectivity index (χ0v) is 56.2. The Balaban J connectivity index is 0.782. The first-order valence-electron chi connectivity index (χ1n) is 34.5. The molecule has 0 spiro atoms. The minimum absolute atomic E-state index is 0.0351. The summed E-state index contributed by atoms with van der Waals surface area (Å²) in [6.45, 7) is -7.27. The number of fused-ring (bicyclic) bond motifs is 2. The molecule has 21 aliphatic rings. The van der Waals surface area contributed by atoms with E-state index in [0.717, 1.165) is 21.5 Å².